The number of ether oxygens (including phenoxy) is 1. The van der Waals surface area contributed by atoms with Gasteiger partial charge >= 0.3 is 5.97 Å². The standard InChI is InChI=1S/C18H26O2/c1-5-17(3,4)16(19)20-18(6-2)13-9-11-14-10-7-8-12-15(14)18/h7-8,10,12H,5-6,9,11,13H2,1-4H3. The number of carbonyl (C=O) groups is 1. The third-order valence-electron chi connectivity index (χ3n) is 4.83. The molecule has 110 valence electrons. The van der Waals surface area contributed by atoms with Crippen molar-refractivity contribution in [3.8, 4) is 0 Å². The number of hydrogen-bond donors (Lipinski definition) is 0. The zero-order chi connectivity index (χ0) is 14.8. The van der Waals surface area contributed by atoms with E-state index in [0.29, 0.717) is 0 Å². The van der Waals surface area contributed by atoms with Gasteiger partial charge in [-0.25, -0.2) is 0 Å². The number of rotatable bonds is 4. The lowest BCUT2D eigenvalue weighted by atomic mass is 9.77. The quantitative estimate of drug-likeness (QED) is 0.750. The van der Waals surface area contributed by atoms with Crippen LogP contribution in [0.1, 0.15) is 64.5 Å². The van der Waals surface area contributed by atoms with E-state index in [9.17, 15) is 4.79 Å². The molecule has 0 radical (unpaired) electrons. The largest absolute Gasteiger partial charge is 0.454 e. The Kier molecular flexibility index (Phi) is 4.22. The van der Waals surface area contributed by atoms with Crippen LogP contribution < -0.4 is 0 Å². The van der Waals surface area contributed by atoms with Crippen LogP contribution in [0.25, 0.3) is 0 Å². The van der Waals surface area contributed by atoms with Crippen LogP contribution >= 0.6 is 0 Å². The van der Waals surface area contributed by atoms with E-state index in [2.05, 4.69) is 25.1 Å². The number of fused-ring (bicyclic) bond motifs is 1. The molecule has 1 aromatic rings. The van der Waals surface area contributed by atoms with Crippen molar-refractivity contribution in [2.75, 3.05) is 0 Å². The van der Waals surface area contributed by atoms with Crippen molar-refractivity contribution in [2.24, 2.45) is 5.41 Å². The summed E-state index contributed by atoms with van der Waals surface area (Å²) in [7, 11) is 0. The van der Waals surface area contributed by atoms with Crippen LogP contribution in [0.3, 0.4) is 0 Å². The van der Waals surface area contributed by atoms with E-state index in [1.54, 1.807) is 0 Å². The van der Waals surface area contributed by atoms with Gasteiger partial charge in [-0.1, -0.05) is 38.1 Å². The predicted octanol–water partition coefficient (Wildman–Crippen LogP) is 4.61. The molecular formula is C18H26O2. The molecule has 2 heteroatoms. The fourth-order valence-electron chi connectivity index (χ4n) is 2.89. The lowest BCUT2D eigenvalue weighted by Crippen LogP contribution is -2.39. The molecule has 20 heavy (non-hydrogen) atoms. The first kappa shape index (κ1) is 15.1. The van der Waals surface area contributed by atoms with Crippen molar-refractivity contribution in [3.05, 3.63) is 35.4 Å². The second-order valence-electron chi connectivity index (χ2n) is 6.49. The van der Waals surface area contributed by atoms with E-state index in [1.165, 1.54) is 11.1 Å². The summed E-state index contributed by atoms with van der Waals surface area (Å²) in [5.41, 5.74) is 1.73. The molecule has 0 aliphatic heterocycles. The Morgan fingerprint density at radius 2 is 2.00 bits per heavy atom. The lowest BCUT2D eigenvalue weighted by Gasteiger charge is -2.40. The summed E-state index contributed by atoms with van der Waals surface area (Å²) < 4.78 is 6.07. The van der Waals surface area contributed by atoms with Crippen LogP contribution in [0.15, 0.2) is 24.3 Å². The highest BCUT2D eigenvalue weighted by Crippen LogP contribution is 2.42. The molecule has 0 fully saturated rings. The van der Waals surface area contributed by atoms with Gasteiger partial charge in [0.1, 0.15) is 5.60 Å². The molecule has 0 bridgehead atoms. The second kappa shape index (κ2) is 5.59. The first-order valence-corrected chi connectivity index (χ1v) is 7.77. The summed E-state index contributed by atoms with van der Waals surface area (Å²) in [4.78, 5) is 12.5. The van der Waals surface area contributed by atoms with Gasteiger partial charge in [0.2, 0.25) is 0 Å². The summed E-state index contributed by atoms with van der Waals surface area (Å²) in [5.74, 6) is -0.0708. The number of aryl methyl sites for hydroxylation is 1. The molecule has 2 nitrogen and oxygen atoms in total. The zero-order valence-corrected chi connectivity index (χ0v) is 13.2. The van der Waals surface area contributed by atoms with Crippen LogP contribution in [0.5, 0.6) is 0 Å². The van der Waals surface area contributed by atoms with Gasteiger partial charge in [-0.2, -0.15) is 0 Å². The Balaban J connectivity index is 2.35. The molecular weight excluding hydrogens is 248 g/mol. The molecule has 0 heterocycles. The first-order valence-electron chi connectivity index (χ1n) is 7.77. The summed E-state index contributed by atoms with van der Waals surface area (Å²) in [5, 5.41) is 0. The van der Waals surface area contributed by atoms with Crippen molar-refractivity contribution in [1.82, 2.24) is 0 Å². The molecule has 1 aliphatic carbocycles. The zero-order valence-electron chi connectivity index (χ0n) is 13.2. The third-order valence-corrected chi connectivity index (χ3v) is 4.83. The molecule has 1 aromatic carbocycles. The average Bonchev–Trinajstić information content (AvgIpc) is 2.47. The maximum absolute atomic E-state index is 12.5. The summed E-state index contributed by atoms with van der Waals surface area (Å²) in [6, 6.07) is 8.41. The number of hydrogen-bond acceptors (Lipinski definition) is 2. The van der Waals surface area contributed by atoms with Gasteiger partial charge in [0.25, 0.3) is 0 Å². The van der Waals surface area contributed by atoms with Crippen LogP contribution in [0.2, 0.25) is 0 Å². The molecule has 1 unspecified atom stereocenters. The Morgan fingerprint density at radius 3 is 2.65 bits per heavy atom. The minimum absolute atomic E-state index is 0.0708. The molecule has 0 amide bonds. The fraction of sp³-hybridized carbons (Fsp3) is 0.611. The van der Waals surface area contributed by atoms with Gasteiger partial charge in [0, 0.05) is 0 Å². The molecule has 1 atom stereocenters. The molecule has 0 saturated heterocycles. The van der Waals surface area contributed by atoms with Gasteiger partial charge in [-0.05, 0) is 57.1 Å². The molecule has 0 aromatic heterocycles. The SMILES string of the molecule is CCC(C)(C)C(=O)OC1(CC)CCCc2ccccc21. The highest BCUT2D eigenvalue weighted by molar-refractivity contribution is 5.76. The molecule has 2 rings (SSSR count). The first-order chi connectivity index (χ1) is 9.45. The van der Waals surface area contributed by atoms with Crippen LogP contribution in [0, 0.1) is 5.41 Å². The van der Waals surface area contributed by atoms with Crippen molar-refractivity contribution in [2.45, 2.75) is 65.4 Å². The maximum Gasteiger partial charge on any atom is 0.312 e. The lowest BCUT2D eigenvalue weighted by molar-refractivity contribution is -0.174. The van der Waals surface area contributed by atoms with Gasteiger partial charge in [0.05, 0.1) is 5.41 Å². The highest BCUT2D eigenvalue weighted by atomic mass is 16.6. The Bertz CT molecular complexity index is 490. The van der Waals surface area contributed by atoms with Crippen molar-refractivity contribution < 1.29 is 9.53 Å². The molecule has 0 N–H and O–H groups in total. The summed E-state index contributed by atoms with van der Waals surface area (Å²) in [6.07, 6.45) is 4.76. The van der Waals surface area contributed by atoms with Crippen LogP contribution in [0.4, 0.5) is 0 Å². The van der Waals surface area contributed by atoms with Crippen LogP contribution in [-0.4, -0.2) is 5.97 Å². The van der Waals surface area contributed by atoms with Gasteiger partial charge in [-0.15, -0.1) is 0 Å². The highest BCUT2D eigenvalue weighted by Gasteiger charge is 2.41. The van der Waals surface area contributed by atoms with E-state index in [0.717, 1.165) is 32.1 Å². The van der Waals surface area contributed by atoms with Crippen molar-refractivity contribution >= 4 is 5.97 Å². The van der Waals surface area contributed by atoms with Crippen molar-refractivity contribution in [3.63, 3.8) is 0 Å². The molecule has 1 aliphatic rings. The van der Waals surface area contributed by atoms with Gasteiger partial charge in [-0.3, -0.25) is 4.79 Å². The van der Waals surface area contributed by atoms with E-state index in [-0.39, 0.29) is 5.97 Å². The van der Waals surface area contributed by atoms with Crippen molar-refractivity contribution in [1.29, 1.82) is 0 Å². The second-order valence-corrected chi connectivity index (χ2v) is 6.49. The Hall–Kier alpha value is -1.31. The van der Waals surface area contributed by atoms with Crippen LogP contribution in [-0.2, 0) is 21.6 Å². The number of carbonyl (C=O) groups excluding carboxylic acids is 1. The summed E-state index contributed by atoms with van der Waals surface area (Å²) in [6.45, 7) is 8.09. The monoisotopic (exact) mass is 274 g/mol. The number of esters is 1. The maximum atomic E-state index is 12.5. The fourth-order valence-corrected chi connectivity index (χ4v) is 2.89. The minimum atomic E-state index is -0.418. The van der Waals surface area contributed by atoms with E-state index >= 15 is 0 Å². The van der Waals surface area contributed by atoms with Gasteiger partial charge < -0.3 is 4.74 Å². The third kappa shape index (κ3) is 2.61. The van der Waals surface area contributed by atoms with E-state index in [4.69, 9.17) is 4.74 Å². The van der Waals surface area contributed by atoms with E-state index in [1.807, 2.05) is 26.8 Å². The Morgan fingerprint density at radius 1 is 1.30 bits per heavy atom. The van der Waals surface area contributed by atoms with E-state index < -0.39 is 11.0 Å². The van der Waals surface area contributed by atoms with Gasteiger partial charge in [0.15, 0.2) is 0 Å². The molecule has 0 saturated carbocycles. The predicted molar refractivity (Wildman–Crippen MR) is 81.5 cm³/mol. The Labute approximate surface area is 122 Å². The normalized spacial score (nSPS) is 22.2. The number of benzene rings is 1. The smallest absolute Gasteiger partial charge is 0.312 e. The topological polar surface area (TPSA) is 26.3 Å². The molecule has 0 spiro atoms. The minimum Gasteiger partial charge on any atom is -0.454 e. The average molecular weight is 274 g/mol. The summed E-state index contributed by atoms with van der Waals surface area (Å²) >= 11 is 0.